The molecule has 0 aromatic heterocycles. The molecule has 0 amide bonds. The van der Waals surface area contributed by atoms with Gasteiger partial charge in [0.1, 0.15) is 0 Å². The first-order valence-corrected chi connectivity index (χ1v) is 8.13. The molecule has 0 radical (unpaired) electrons. The highest BCUT2D eigenvalue weighted by atomic mass is 19.4. The van der Waals surface area contributed by atoms with Crippen LogP contribution in [0.3, 0.4) is 0 Å². The number of allylic oxidation sites excluding steroid dienone is 1. The average Bonchev–Trinajstić information content (AvgIpc) is 2.50. The van der Waals surface area contributed by atoms with E-state index < -0.39 is 23.7 Å². The van der Waals surface area contributed by atoms with Gasteiger partial charge in [0, 0.05) is 0 Å². The summed E-state index contributed by atoms with van der Waals surface area (Å²) in [5.41, 5.74) is 0.354. The Balaban J connectivity index is 1.91. The van der Waals surface area contributed by atoms with Gasteiger partial charge >= 0.3 is 6.36 Å². The Morgan fingerprint density at radius 2 is 1.58 bits per heavy atom. The molecule has 0 saturated heterocycles. The second-order valence-corrected chi connectivity index (χ2v) is 6.39. The molecule has 0 spiro atoms. The normalized spacial score (nSPS) is 21.5. The molecule has 1 saturated carbocycles. The van der Waals surface area contributed by atoms with E-state index in [1.807, 2.05) is 6.08 Å². The molecule has 0 N–H and O–H groups in total. The highest BCUT2D eigenvalue weighted by molar-refractivity contribution is 5.31. The Morgan fingerprint density at radius 1 is 1.04 bits per heavy atom. The van der Waals surface area contributed by atoms with Gasteiger partial charge in [-0.05, 0) is 61.6 Å². The molecular weight excluding hydrogens is 327 g/mol. The van der Waals surface area contributed by atoms with Crippen molar-refractivity contribution in [1.29, 1.82) is 0 Å². The lowest BCUT2D eigenvalue weighted by molar-refractivity contribution is -0.276. The van der Waals surface area contributed by atoms with Crippen LogP contribution in [0.2, 0.25) is 0 Å². The van der Waals surface area contributed by atoms with Crippen LogP contribution in [-0.4, -0.2) is 6.36 Å². The zero-order valence-corrected chi connectivity index (χ0v) is 13.3. The van der Waals surface area contributed by atoms with Crippen molar-refractivity contribution in [3.63, 3.8) is 0 Å². The summed E-state index contributed by atoms with van der Waals surface area (Å²) in [4.78, 5) is 0. The minimum atomic E-state index is -5.12. The predicted molar refractivity (Wildman–Crippen MR) is 81.6 cm³/mol. The van der Waals surface area contributed by atoms with Crippen LogP contribution in [0, 0.1) is 23.5 Å². The Bertz CT molecular complexity index is 536. The van der Waals surface area contributed by atoms with Gasteiger partial charge in [0.05, 0.1) is 0 Å². The highest BCUT2D eigenvalue weighted by Crippen LogP contribution is 2.34. The van der Waals surface area contributed by atoms with Crippen LogP contribution in [0.25, 0.3) is 0 Å². The van der Waals surface area contributed by atoms with Gasteiger partial charge in [-0.3, -0.25) is 0 Å². The minimum Gasteiger partial charge on any atom is -0.399 e. The van der Waals surface area contributed by atoms with E-state index in [-0.39, 0.29) is 0 Å². The molecule has 24 heavy (non-hydrogen) atoms. The molecule has 6 heteroatoms. The van der Waals surface area contributed by atoms with Crippen molar-refractivity contribution in [3.05, 3.63) is 42.0 Å². The molecule has 1 aliphatic carbocycles. The summed E-state index contributed by atoms with van der Waals surface area (Å²) in [6.07, 6.45) is 3.43. The van der Waals surface area contributed by atoms with Crippen LogP contribution >= 0.6 is 0 Å². The monoisotopic (exact) mass is 348 g/mol. The fourth-order valence-electron chi connectivity index (χ4n) is 3.33. The van der Waals surface area contributed by atoms with E-state index >= 15 is 0 Å². The molecule has 1 fully saturated rings. The fourth-order valence-corrected chi connectivity index (χ4v) is 3.33. The van der Waals surface area contributed by atoms with Crippen molar-refractivity contribution >= 4 is 0 Å². The number of ether oxygens (including phenoxy) is 1. The zero-order chi connectivity index (χ0) is 17.7. The van der Waals surface area contributed by atoms with E-state index in [1.165, 1.54) is 0 Å². The van der Waals surface area contributed by atoms with Crippen LogP contribution in [0.15, 0.2) is 24.8 Å². The average molecular weight is 348 g/mol. The lowest BCUT2D eigenvalue weighted by atomic mass is 9.78. The molecule has 1 aromatic carbocycles. The smallest absolute Gasteiger partial charge is 0.399 e. The van der Waals surface area contributed by atoms with Gasteiger partial charge in [-0.1, -0.05) is 18.9 Å². The topological polar surface area (TPSA) is 9.23 Å². The van der Waals surface area contributed by atoms with E-state index in [2.05, 4.69) is 11.3 Å². The number of benzene rings is 1. The minimum absolute atomic E-state index is 0.354. The molecule has 0 unspecified atom stereocenters. The van der Waals surface area contributed by atoms with E-state index in [0.717, 1.165) is 50.7 Å². The number of halogens is 5. The molecule has 1 nitrogen and oxygen atoms in total. The maximum absolute atomic E-state index is 13.7. The van der Waals surface area contributed by atoms with Gasteiger partial charge in [-0.25, -0.2) is 8.78 Å². The molecule has 1 aliphatic rings. The fraction of sp³-hybridized carbons (Fsp3) is 0.556. The predicted octanol–water partition coefficient (Wildman–Crippen LogP) is 6.18. The summed E-state index contributed by atoms with van der Waals surface area (Å²) in [5, 5.41) is 0. The van der Waals surface area contributed by atoms with Crippen LogP contribution < -0.4 is 4.74 Å². The summed E-state index contributed by atoms with van der Waals surface area (Å²) >= 11 is 0. The van der Waals surface area contributed by atoms with Gasteiger partial charge < -0.3 is 4.74 Å². The van der Waals surface area contributed by atoms with E-state index in [1.54, 1.807) is 0 Å². The Kier molecular flexibility index (Phi) is 6.24. The van der Waals surface area contributed by atoms with Crippen molar-refractivity contribution in [3.8, 4) is 5.75 Å². The molecular formula is C18H21F5O. The number of hydrogen-bond donors (Lipinski definition) is 0. The quantitative estimate of drug-likeness (QED) is 0.441. The summed E-state index contributed by atoms with van der Waals surface area (Å²) < 4.78 is 67.1. The zero-order valence-electron chi connectivity index (χ0n) is 13.3. The van der Waals surface area contributed by atoms with Gasteiger partial charge in [0.15, 0.2) is 11.6 Å². The van der Waals surface area contributed by atoms with Crippen molar-refractivity contribution in [2.75, 3.05) is 0 Å². The first-order valence-electron chi connectivity index (χ1n) is 8.13. The number of hydrogen-bond acceptors (Lipinski definition) is 1. The molecule has 0 bridgehead atoms. The maximum atomic E-state index is 13.7. The van der Waals surface area contributed by atoms with Crippen molar-refractivity contribution < 1.29 is 26.7 Å². The Morgan fingerprint density at radius 3 is 2.08 bits per heavy atom. The third-order valence-electron chi connectivity index (χ3n) is 4.58. The maximum Gasteiger partial charge on any atom is 0.573 e. The van der Waals surface area contributed by atoms with E-state index in [9.17, 15) is 22.0 Å². The first-order chi connectivity index (χ1) is 11.3. The van der Waals surface area contributed by atoms with Crippen molar-refractivity contribution in [2.24, 2.45) is 11.8 Å². The lowest BCUT2D eigenvalue weighted by Gasteiger charge is -2.27. The summed E-state index contributed by atoms with van der Waals surface area (Å²) in [6.45, 7) is 3.74. The molecule has 0 heterocycles. The van der Waals surface area contributed by atoms with E-state index in [0.29, 0.717) is 23.8 Å². The van der Waals surface area contributed by atoms with Gasteiger partial charge in [0.2, 0.25) is 5.75 Å². The van der Waals surface area contributed by atoms with Gasteiger partial charge in [0.25, 0.3) is 0 Å². The lowest BCUT2D eigenvalue weighted by Crippen LogP contribution is -2.19. The summed E-state index contributed by atoms with van der Waals surface area (Å²) in [6, 6.07) is 1.85. The summed E-state index contributed by atoms with van der Waals surface area (Å²) in [5.74, 6) is -2.87. The molecule has 134 valence electrons. The number of rotatable bonds is 6. The molecule has 0 aliphatic heterocycles. The second kappa shape index (κ2) is 7.99. The van der Waals surface area contributed by atoms with Crippen LogP contribution in [0.5, 0.6) is 5.75 Å². The largest absolute Gasteiger partial charge is 0.573 e. The molecule has 1 aromatic rings. The third kappa shape index (κ3) is 5.49. The Labute approximate surface area is 138 Å². The van der Waals surface area contributed by atoms with E-state index in [4.69, 9.17) is 0 Å². The van der Waals surface area contributed by atoms with Crippen LogP contribution in [0.1, 0.15) is 44.1 Å². The van der Waals surface area contributed by atoms with Gasteiger partial charge in [-0.2, -0.15) is 0 Å². The summed E-state index contributed by atoms with van der Waals surface area (Å²) in [7, 11) is 0. The standard InChI is InChI=1S/C18H21F5O/c1-2-3-12-4-6-13(7-5-12)8-9-14-10-15(19)17(16(20)11-14)24-18(21,22)23/h2,10-13H,1,3-9H2. The Hall–Kier alpha value is -1.59. The van der Waals surface area contributed by atoms with Crippen molar-refractivity contribution in [2.45, 2.75) is 51.3 Å². The van der Waals surface area contributed by atoms with Crippen LogP contribution in [0.4, 0.5) is 22.0 Å². The first kappa shape index (κ1) is 18.7. The SMILES string of the molecule is C=CCC1CCC(CCc2cc(F)c(OC(F)(F)F)c(F)c2)CC1. The highest BCUT2D eigenvalue weighted by Gasteiger charge is 2.34. The molecule has 2 rings (SSSR count). The van der Waals surface area contributed by atoms with Gasteiger partial charge in [-0.15, -0.1) is 19.8 Å². The third-order valence-corrected chi connectivity index (χ3v) is 4.58. The number of alkyl halides is 3. The molecule has 0 atom stereocenters. The second-order valence-electron chi connectivity index (χ2n) is 6.39. The van der Waals surface area contributed by atoms with Crippen LogP contribution in [-0.2, 0) is 6.42 Å². The van der Waals surface area contributed by atoms with Crippen molar-refractivity contribution in [1.82, 2.24) is 0 Å². The number of aryl methyl sites for hydroxylation is 1.